The second-order valence-electron chi connectivity index (χ2n) is 11.4. The predicted molar refractivity (Wildman–Crippen MR) is 191 cm³/mol. The molecule has 0 saturated heterocycles. The van der Waals surface area contributed by atoms with Crippen LogP contribution in [0.1, 0.15) is 31.4 Å². The number of sulfonamides is 1. The van der Waals surface area contributed by atoms with E-state index in [1.165, 1.54) is 49.5 Å². The van der Waals surface area contributed by atoms with Crippen molar-refractivity contribution in [3.05, 3.63) is 113 Å². The molecule has 0 aliphatic rings. The van der Waals surface area contributed by atoms with Crippen LogP contribution in [0.3, 0.4) is 0 Å². The minimum atomic E-state index is -4.38. The summed E-state index contributed by atoms with van der Waals surface area (Å²) in [6, 6.07) is 25.8. The average molecular weight is 708 g/mol. The Balaban J connectivity index is 1.84. The molecule has 0 saturated carbocycles. The smallest absolute Gasteiger partial charge is 0.264 e. The maximum absolute atomic E-state index is 14.7. The summed E-state index contributed by atoms with van der Waals surface area (Å²) in [6.45, 7) is 3.24. The molecule has 0 fully saturated rings. The number of rotatable bonds is 16. The quantitative estimate of drug-likeness (QED) is 0.149. The Labute approximate surface area is 293 Å². The third-order valence-electron chi connectivity index (χ3n) is 8.10. The van der Waals surface area contributed by atoms with Gasteiger partial charge in [0.1, 0.15) is 18.3 Å². The zero-order chi connectivity index (χ0) is 35.6. The van der Waals surface area contributed by atoms with Crippen LogP contribution in [-0.4, -0.2) is 65.1 Å². The molecule has 0 aliphatic heterocycles. The number of carbonyl (C=O) groups is 2. The topological polar surface area (TPSA) is 114 Å². The number of hydrogen-bond donors (Lipinski definition) is 1. The summed E-state index contributed by atoms with van der Waals surface area (Å²) in [5.74, 6) is 0.177. The number of methoxy groups -OCH3 is 3. The van der Waals surface area contributed by atoms with Crippen LogP contribution in [0.15, 0.2) is 102 Å². The lowest BCUT2D eigenvalue weighted by molar-refractivity contribution is -0.140. The molecule has 0 aliphatic carbocycles. The van der Waals surface area contributed by atoms with Crippen molar-refractivity contribution in [1.82, 2.24) is 10.2 Å². The fourth-order valence-electron chi connectivity index (χ4n) is 5.20. The molecule has 10 nitrogen and oxygen atoms in total. The first-order chi connectivity index (χ1) is 23.5. The van der Waals surface area contributed by atoms with Crippen molar-refractivity contribution in [3.8, 4) is 17.2 Å². The second kappa shape index (κ2) is 17.1. The monoisotopic (exact) mass is 707 g/mol. The van der Waals surface area contributed by atoms with E-state index in [1.807, 2.05) is 50.2 Å². The first kappa shape index (κ1) is 37.1. The first-order valence-corrected chi connectivity index (χ1v) is 17.6. The number of nitrogens with zero attached hydrogens (tertiary/aromatic N) is 2. The molecule has 49 heavy (non-hydrogen) atoms. The highest BCUT2D eigenvalue weighted by atomic mass is 35.5. The standard InChI is InChI=1S/C37H42ClN3O7S/c1-6-26(2)39-37(43)33(22-27-11-8-7-9-12-27)40(24-28-13-10-14-31(21-28)46-3)36(42)25-41(30-17-15-29(38)16-18-30)49(44,45)32-19-20-34(47-4)35(23-32)48-5/h7-21,23,26,33H,6,22,24-25H2,1-5H3,(H,39,43). The molecule has 0 aromatic heterocycles. The molecule has 0 bridgehead atoms. The molecule has 2 amide bonds. The minimum Gasteiger partial charge on any atom is -0.497 e. The van der Waals surface area contributed by atoms with Crippen molar-refractivity contribution < 1.29 is 32.2 Å². The van der Waals surface area contributed by atoms with Gasteiger partial charge in [-0.15, -0.1) is 0 Å². The Hall–Kier alpha value is -4.74. The normalized spacial score (nSPS) is 12.4. The van der Waals surface area contributed by atoms with E-state index >= 15 is 0 Å². The van der Waals surface area contributed by atoms with Crippen LogP contribution in [0, 0.1) is 0 Å². The molecule has 0 heterocycles. The third kappa shape index (κ3) is 9.45. The van der Waals surface area contributed by atoms with Crippen LogP contribution in [0.5, 0.6) is 17.2 Å². The molecule has 0 radical (unpaired) electrons. The van der Waals surface area contributed by atoms with Gasteiger partial charge in [0.15, 0.2) is 11.5 Å². The Morgan fingerprint density at radius 2 is 1.49 bits per heavy atom. The maximum atomic E-state index is 14.7. The van der Waals surface area contributed by atoms with Crippen LogP contribution < -0.4 is 23.8 Å². The SMILES string of the molecule is CCC(C)NC(=O)C(Cc1ccccc1)N(Cc1cccc(OC)c1)C(=O)CN(c1ccc(Cl)cc1)S(=O)(=O)c1ccc(OC)c(OC)c1. The number of benzene rings is 4. The lowest BCUT2D eigenvalue weighted by atomic mass is 10.0. The summed E-state index contributed by atoms with van der Waals surface area (Å²) in [5.41, 5.74) is 1.74. The van der Waals surface area contributed by atoms with Crippen molar-refractivity contribution in [1.29, 1.82) is 0 Å². The van der Waals surface area contributed by atoms with Crippen molar-refractivity contribution in [3.63, 3.8) is 0 Å². The molecule has 260 valence electrons. The Bertz CT molecular complexity index is 1820. The van der Waals surface area contributed by atoms with E-state index in [0.29, 0.717) is 28.5 Å². The van der Waals surface area contributed by atoms with Crippen LogP contribution in [0.4, 0.5) is 5.69 Å². The number of amides is 2. The van der Waals surface area contributed by atoms with E-state index in [9.17, 15) is 18.0 Å². The number of hydrogen-bond acceptors (Lipinski definition) is 7. The van der Waals surface area contributed by atoms with Gasteiger partial charge in [-0.2, -0.15) is 0 Å². The second-order valence-corrected chi connectivity index (χ2v) is 13.7. The fourth-order valence-corrected chi connectivity index (χ4v) is 6.76. The van der Waals surface area contributed by atoms with Crippen molar-refractivity contribution in [2.24, 2.45) is 0 Å². The minimum absolute atomic E-state index is 0.00627. The average Bonchev–Trinajstić information content (AvgIpc) is 3.12. The van der Waals surface area contributed by atoms with Crippen molar-refractivity contribution >= 4 is 39.1 Å². The summed E-state index contributed by atoms with van der Waals surface area (Å²) >= 11 is 6.17. The molecule has 2 unspecified atom stereocenters. The largest absolute Gasteiger partial charge is 0.497 e. The Morgan fingerprint density at radius 1 is 0.816 bits per heavy atom. The Kier molecular flexibility index (Phi) is 12.9. The molecule has 2 atom stereocenters. The zero-order valence-electron chi connectivity index (χ0n) is 28.3. The number of ether oxygens (including phenoxy) is 3. The van der Waals surface area contributed by atoms with E-state index in [0.717, 1.165) is 9.87 Å². The van der Waals surface area contributed by atoms with E-state index < -0.39 is 28.5 Å². The van der Waals surface area contributed by atoms with Gasteiger partial charge < -0.3 is 24.4 Å². The molecule has 1 N–H and O–H groups in total. The van der Waals surface area contributed by atoms with Gasteiger partial charge in [-0.05, 0) is 73.0 Å². The summed E-state index contributed by atoms with van der Waals surface area (Å²) in [4.78, 5) is 30.0. The van der Waals surface area contributed by atoms with Crippen LogP contribution in [-0.2, 0) is 32.6 Å². The number of anilines is 1. The highest BCUT2D eigenvalue weighted by Crippen LogP contribution is 2.33. The van der Waals surface area contributed by atoms with Crippen LogP contribution >= 0.6 is 11.6 Å². The summed E-state index contributed by atoms with van der Waals surface area (Å²) in [5, 5.41) is 3.43. The van der Waals surface area contributed by atoms with Gasteiger partial charge in [0.05, 0.1) is 31.9 Å². The van der Waals surface area contributed by atoms with E-state index in [-0.39, 0.29) is 41.2 Å². The molecule has 4 aromatic carbocycles. The zero-order valence-corrected chi connectivity index (χ0v) is 29.8. The van der Waals surface area contributed by atoms with Gasteiger partial charge in [-0.3, -0.25) is 13.9 Å². The third-order valence-corrected chi connectivity index (χ3v) is 10.1. The molecular formula is C37H42ClN3O7S. The number of nitrogens with one attached hydrogen (secondary N) is 1. The number of halogens is 1. The molecule has 4 aromatic rings. The lowest BCUT2D eigenvalue weighted by Gasteiger charge is -2.34. The summed E-state index contributed by atoms with van der Waals surface area (Å²) in [7, 11) is 0.0213. The molecule has 12 heteroatoms. The maximum Gasteiger partial charge on any atom is 0.264 e. The van der Waals surface area contributed by atoms with Gasteiger partial charge in [0, 0.05) is 30.1 Å². The highest BCUT2D eigenvalue weighted by Gasteiger charge is 2.35. The van der Waals surface area contributed by atoms with Gasteiger partial charge >= 0.3 is 0 Å². The van der Waals surface area contributed by atoms with E-state index in [2.05, 4.69) is 5.32 Å². The van der Waals surface area contributed by atoms with Crippen molar-refractivity contribution in [2.75, 3.05) is 32.2 Å². The van der Waals surface area contributed by atoms with Crippen molar-refractivity contribution in [2.45, 2.75) is 50.2 Å². The summed E-state index contributed by atoms with van der Waals surface area (Å²) < 4.78 is 45.9. The van der Waals surface area contributed by atoms with Crippen LogP contribution in [0.2, 0.25) is 5.02 Å². The fraction of sp³-hybridized carbons (Fsp3) is 0.297. The van der Waals surface area contributed by atoms with Gasteiger partial charge in [-0.25, -0.2) is 8.42 Å². The molecular weight excluding hydrogens is 666 g/mol. The van der Waals surface area contributed by atoms with Crippen LogP contribution in [0.25, 0.3) is 0 Å². The van der Waals surface area contributed by atoms with Gasteiger partial charge in [0.25, 0.3) is 10.0 Å². The van der Waals surface area contributed by atoms with E-state index in [1.54, 1.807) is 37.4 Å². The predicted octanol–water partition coefficient (Wildman–Crippen LogP) is 6.12. The molecule has 0 spiro atoms. The summed E-state index contributed by atoms with van der Waals surface area (Å²) in [6.07, 6.45) is 0.879. The molecule has 4 rings (SSSR count). The lowest BCUT2D eigenvalue weighted by Crippen LogP contribution is -2.54. The first-order valence-electron chi connectivity index (χ1n) is 15.8. The highest BCUT2D eigenvalue weighted by molar-refractivity contribution is 7.92. The van der Waals surface area contributed by atoms with E-state index in [4.69, 9.17) is 25.8 Å². The van der Waals surface area contributed by atoms with Gasteiger partial charge in [-0.1, -0.05) is 61.0 Å². The Morgan fingerprint density at radius 3 is 2.12 bits per heavy atom. The number of carbonyl (C=O) groups excluding carboxylic acids is 2. The van der Waals surface area contributed by atoms with Gasteiger partial charge in [0.2, 0.25) is 11.8 Å².